The van der Waals surface area contributed by atoms with Crippen molar-refractivity contribution in [2.45, 2.75) is 6.92 Å². The lowest BCUT2D eigenvalue weighted by molar-refractivity contribution is -0.384. The first kappa shape index (κ1) is 18.9. The van der Waals surface area contributed by atoms with Gasteiger partial charge in [0.2, 0.25) is 0 Å². The lowest BCUT2D eigenvalue weighted by atomic mass is 10.1. The number of rotatable bonds is 6. The molecule has 0 saturated heterocycles. The average Bonchev–Trinajstić information content (AvgIpc) is 2.61. The first-order valence-electron chi connectivity index (χ1n) is 7.78. The number of para-hydroxylation sites is 1. The highest BCUT2D eigenvalue weighted by molar-refractivity contribution is 5.99. The summed E-state index contributed by atoms with van der Waals surface area (Å²) in [7, 11) is 3.39. The molecule has 2 aromatic rings. The van der Waals surface area contributed by atoms with Gasteiger partial charge in [-0.05, 0) is 24.6 Å². The van der Waals surface area contributed by atoms with Crippen molar-refractivity contribution in [3.05, 3.63) is 63.7 Å². The molecule has 0 fully saturated rings. The van der Waals surface area contributed by atoms with E-state index in [0.717, 1.165) is 11.6 Å². The van der Waals surface area contributed by atoms with E-state index in [1.165, 1.54) is 12.1 Å². The van der Waals surface area contributed by atoms with Crippen LogP contribution in [0.2, 0.25) is 0 Å². The maximum Gasteiger partial charge on any atom is 0.341 e. The van der Waals surface area contributed by atoms with E-state index < -0.39 is 23.4 Å². The second-order valence-corrected chi connectivity index (χ2v) is 5.79. The fourth-order valence-corrected chi connectivity index (χ4v) is 2.30. The summed E-state index contributed by atoms with van der Waals surface area (Å²) >= 11 is 0. The van der Waals surface area contributed by atoms with Crippen LogP contribution in [0.3, 0.4) is 0 Å². The van der Waals surface area contributed by atoms with Crippen LogP contribution in [0.4, 0.5) is 17.1 Å². The van der Waals surface area contributed by atoms with Gasteiger partial charge in [0.25, 0.3) is 11.6 Å². The van der Waals surface area contributed by atoms with E-state index in [1.807, 2.05) is 19.1 Å². The largest absolute Gasteiger partial charge is 0.452 e. The molecule has 136 valence electrons. The molecular weight excluding hydrogens is 338 g/mol. The van der Waals surface area contributed by atoms with Crippen LogP contribution in [0, 0.1) is 17.0 Å². The number of nitrogens with zero attached hydrogens (tertiary/aromatic N) is 2. The Bertz CT molecular complexity index is 848. The molecule has 1 amide bonds. The molecule has 0 bridgehead atoms. The molecule has 0 radical (unpaired) electrons. The van der Waals surface area contributed by atoms with Crippen LogP contribution >= 0.6 is 0 Å². The number of anilines is 2. The molecule has 1 N–H and O–H groups in total. The Kier molecular flexibility index (Phi) is 5.90. The highest BCUT2D eigenvalue weighted by Crippen LogP contribution is 2.25. The zero-order valence-electron chi connectivity index (χ0n) is 14.7. The molecule has 0 unspecified atom stereocenters. The maximum atomic E-state index is 12.3. The predicted octanol–water partition coefficient (Wildman–Crippen LogP) is 2.76. The summed E-state index contributed by atoms with van der Waals surface area (Å²) in [6.07, 6.45) is 0. The lowest BCUT2D eigenvalue weighted by Crippen LogP contribution is -2.22. The standard InChI is InChI=1S/C18H19N3O5/c1-12-6-4-5-7-15(12)19-17(22)11-26-18(23)14-10-13(21(24)25)8-9-16(14)20(2)3/h4-10H,11H2,1-3H3,(H,19,22). The van der Waals surface area contributed by atoms with Crippen LogP contribution in [-0.2, 0) is 9.53 Å². The quantitative estimate of drug-likeness (QED) is 0.484. The Labute approximate surface area is 150 Å². The Morgan fingerprint density at radius 2 is 1.88 bits per heavy atom. The first-order chi connectivity index (χ1) is 12.3. The molecule has 8 heteroatoms. The van der Waals surface area contributed by atoms with Crippen molar-refractivity contribution < 1.29 is 19.2 Å². The molecule has 2 aromatic carbocycles. The molecule has 0 aliphatic carbocycles. The van der Waals surface area contributed by atoms with Gasteiger partial charge < -0.3 is 15.0 Å². The van der Waals surface area contributed by atoms with Crippen molar-refractivity contribution in [3.8, 4) is 0 Å². The Morgan fingerprint density at radius 1 is 1.19 bits per heavy atom. The van der Waals surface area contributed by atoms with E-state index in [0.29, 0.717) is 11.4 Å². The number of non-ortho nitro benzene ring substituents is 1. The Morgan fingerprint density at radius 3 is 2.50 bits per heavy atom. The molecule has 8 nitrogen and oxygen atoms in total. The minimum absolute atomic E-state index is 0.0212. The van der Waals surface area contributed by atoms with E-state index in [-0.39, 0.29) is 11.3 Å². The van der Waals surface area contributed by atoms with Gasteiger partial charge in [0.05, 0.1) is 16.2 Å². The normalized spacial score (nSPS) is 10.1. The van der Waals surface area contributed by atoms with Crippen molar-refractivity contribution in [3.63, 3.8) is 0 Å². The third-order valence-electron chi connectivity index (χ3n) is 3.65. The number of aryl methyl sites for hydroxylation is 1. The summed E-state index contributed by atoms with van der Waals surface area (Å²) < 4.78 is 5.03. The number of nitro benzene ring substituents is 1. The van der Waals surface area contributed by atoms with E-state index in [2.05, 4.69) is 5.32 Å². The van der Waals surface area contributed by atoms with Gasteiger partial charge in [-0.2, -0.15) is 0 Å². The number of nitrogens with one attached hydrogen (secondary N) is 1. The highest BCUT2D eigenvalue weighted by Gasteiger charge is 2.20. The number of esters is 1. The molecule has 0 spiro atoms. The van der Waals surface area contributed by atoms with Crippen LogP contribution in [-0.4, -0.2) is 37.5 Å². The third kappa shape index (κ3) is 4.56. The third-order valence-corrected chi connectivity index (χ3v) is 3.65. The topological polar surface area (TPSA) is 102 Å². The van der Waals surface area contributed by atoms with Crippen LogP contribution in [0.25, 0.3) is 0 Å². The molecule has 2 rings (SSSR count). The summed E-state index contributed by atoms with van der Waals surface area (Å²) in [6.45, 7) is 1.34. The van der Waals surface area contributed by atoms with Gasteiger partial charge in [0.1, 0.15) is 0 Å². The summed E-state index contributed by atoms with van der Waals surface area (Å²) in [5.41, 5.74) is 1.75. The zero-order chi connectivity index (χ0) is 19.3. The number of hydrogen-bond donors (Lipinski definition) is 1. The van der Waals surface area contributed by atoms with Crippen molar-refractivity contribution in [2.24, 2.45) is 0 Å². The fraction of sp³-hybridized carbons (Fsp3) is 0.222. The van der Waals surface area contributed by atoms with Crippen LogP contribution in [0.5, 0.6) is 0 Å². The van der Waals surface area contributed by atoms with Gasteiger partial charge in [0, 0.05) is 31.9 Å². The number of nitro groups is 1. The molecule has 0 atom stereocenters. The molecule has 0 aliphatic rings. The highest BCUT2D eigenvalue weighted by atomic mass is 16.6. The second kappa shape index (κ2) is 8.11. The number of hydrogen-bond acceptors (Lipinski definition) is 6. The lowest BCUT2D eigenvalue weighted by Gasteiger charge is -2.16. The smallest absolute Gasteiger partial charge is 0.341 e. The number of benzene rings is 2. The van der Waals surface area contributed by atoms with Gasteiger partial charge in [-0.25, -0.2) is 4.79 Å². The predicted molar refractivity (Wildman–Crippen MR) is 97.5 cm³/mol. The van der Waals surface area contributed by atoms with Crippen LogP contribution in [0.1, 0.15) is 15.9 Å². The minimum atomic E-state index is -0.808. The Balaban J connectivity index is 2.09. The molecule has 0 heterocycles. The Hall–Kier alpha value is -3.42. The number of ether oxygens (including phenoxy) is 1. The summed E-state index contributed by atoms with van der Waals surface area (Å²) in [4.78, 5) is 36.3. The maximum absolute atomic E-state index is 12.3. The number of amides is 1. The van der Waals surface area contributed by atoms with Gasteiger partial charge in [0.15, 0.2) is 6.61 Å². The molecule has 0 aliphatic heterocycles. The van der Waals surface area contributed by atoms with E-state index in [4.69, 9.17) is 4.74 Å². The van der Waals surface area contributed by atoms with Gasteiger partial charge >= 0.3 is 5.97 Å². The van der Waals surface area contributed by atoms with Gasteiger partial charge in [-0.15, -0.1) is 0 Å². The molecule has 0 saturated carbocycles. The van der Waals surface area contributed by atoms with E-state index in [1.54, 1.807) is 31.1 Å². The van der Waals surface area contributed by atoms with Gasteiger partial charge in [-0.1, -0.05) is 18.2 Å². The van der Waals surface area contributed by atoms with Crippen molar-refractivity contribution in [1.29, 1.82) is 0 Å². The summed E-state index contributed by atoms with van der Waals surface area (Å²) in [5.74, 6) is -1.30. The zero-order valence-corrected chi connectivity index (χ0v) is 14.7. The molecular formula is C18H19N3O5. The number of carbonyl (C=O) groups is 2. The van der Waals surface area contributed by atoms with Crippen molar-refractivity contribution in [1.82, 2.24) is 0 Å². The summed E-state index contributed by atoms with van der Waals surface area (Å²) in [6, 6.07) is 11.1. The number of carbonyl (C=O) groups excluding carboxylic acids is 2. The molecule has 26 heavy (non-hydrogen) atoms. The van der Waals surface area contributed by atoms with Crippen molar-refractivity contribution >= 4 is 28.9 Å². The van der Waals surface area contributed by atoms with Crippen molar-refractivity contribution in [2.75, 3.05) is 30.9 Å². The SMILES string of the molecule is Cc1ccccc1NC(=O)COC(=O)c1cc([N+](=O)[O-])ccc1N(C)C. The monoisotopic (exact) mass is 357 g/mol. The van der Waals surface area contributed by atoms with Crippen LogP contribution < -0.4 is 10.2 Å². The van der Waals surface area contributed by atoms with Gasteiger partial charge in [-0.3, -0.25) is 14.9 Å². The average molecular weight is 357 g/mol. The minimum Gasteiger partial charge on any atom is -0.452 e. The summed E-state index contributed by atoms with van der Waals surface area (Å²) in [5, 5.41) is 13.6. The van der Waals surface area contributed by atoms with E-state index >= 15 is 0 Å². The first-order valence-corrected chi connectivity index (χ1v) is 7.78. The fourth-order valence-electron chi connectivity index (χ4n) is 2.30. The second-order valence-electron chi connectivity index (χ2n) is 5.79. The van der Waals surface area contributed by atoms with E-state index in [9.17, 15) is 19.7 Å². The van der Waals surface area contributed by atoms with Crippen LogP contribution in [0.15, 0.2) is 42.5 Å². The molecule has 0 aromatic heterocycles.